The molecule has 1 aromatic carbocycles. The zero-order valence-electron chi connectivity index (χ0n) is 11.8. The molecule has 0 saturated carbocycles. The smallest absolute Gasteiger partial charge is 0.179 e. The fourth-order valence-electron chi connectivity index (χ4n) is 2.61. The third-order valence-corrected chi connectivity index (χ3v) is 3.30. The summed E-state index contributed by atoms with van der Waals surface area (Å²) in [5.74, 6) is -0.749. The van der Waals surface area contributed by atoms with Crippen LogP contribution in [0.15, 0.2) is 24.3 Å². The van der Waals surface area contributed by atoms with Gasteiger partial charge in [0, 0.05) is 13.1 Å². The van der Waals surface area contributed by atoms with Crippen molar-refractivity contribution in [1.29, 1.82) is 0 Å². The second kappa shape index (κ2) is 5.99. The lowest BCUT2D eigenvalue weighted by Crippen LogP contribution is -2.54. The van der Waals surface area contributed by atoms with E-state index in [2.05, 4.69) is 0 Å². The number of Topliss-reactive ketones (excluding diaryl/α,β-unsaturated/α-hetero) is 1. The van der Waals surface area contributed by atoms with Crippen LogP contribution in [0.1, 0.15) is 24.2 Å². The number of halogens is 1. The lowest BCUT2D eigenvalue weighted by atomic mass is 10.0. The summed E-state index contributed by atoms with van der Waals surface area (Å²) in [7, 11) is 0. The number of carbonyl (C=O) groups is 1. The Bertz CT molecular complexity index is 490. The van der Waals surface area contributed by atoms with Crippen LogP contribution in [-0.2, 0) is 4.74 Å². The van der Waals surface area contributed by atoms with Crippen molar-refractivity contribution in [2.75, 3.05) is 26.2 Å². The van der Waals surface area contributed by atoms with Crippen molar-refractivity contribution in [2.24, 2.45) is 0 Å². The van der Waals surface area contributed by atoms with Crippen molar-refractivity contribution >= 4 is 5.78 Å². The molecule has 1 aromatic rings. The molecule has 0 spiro atoms. The molecule has 20 heavy (non-hydrogen) atoms. The quantitative estimate of drug-likeness (QED) is 0.849. The van der Waals surface area contributed by atoms with Crippen molar-refractivity contribution in [2.45, 2.75) is 25.6 Å². The van der Waals surface area contributed by atoms with Gasteiger partial charge in [0.1, 0.15) is 5.82 Å². The maximum absolute atomic E-state index is 13.6. The molecule has 4 nitrogen and oxygen atoms in total. The summed E-state index contributed by atoms with van der Waals surface area (Å²) in [6.07, 6.45) is -0.313. The number of morpholine rings is 1. The molecule has 0 amide bonds. The number of nitrogens with zero attached hydrogens (tertiary/aromatic N) is 1. The van der Waals surface area contributed by atoms with Crippen LogP contribution in [0.3, 0.4) is 0 Å². The Kier molecular flexibility index (Phi) is 4.52. The van der Waals surface area contributed by atoms with Crippen LogP contribution in [0.4, 0.5) is 4.39 Å². The molecule has 1 fully saturated rings. The van der Waals surface area contributed by atoms with E-state index in [9.17, 15) is 14.3 Å². The molecule has 0 radical (unpaired) electrons. The summed E-state index contributed by atoms with van der Waals surface area (Å²) >= 11 is 0. The van der Waals surface area contributed by atoms with Crippen LogP contribution in [0, 0.1) is 5.82 Å². The molecular formula is C15H20FNO3. The summed E-state index contributed by atoms with van der Waals surface area (Å²) in [6, 6.07) is 5.99. The van der Waals surface area contributed by atoms with E-state index in [0.717, 1.165) is 0 Å². The van der Waals surface area contributed by atoms with Gasteiger partial charge in [0.15, 0.2) is 5.78 Å². The highest BCUT2D eigenvalue weighted by Gasteiger charge is 2.34. The molecule has 1 heterocycles. The maximum atomic E-state index is 13.6. The Morgan fingerprint density at radius 2 is 2.20 bits per heavy atom. The normalized spacial score (nSPS) is 22.7. The van der Waals surface area contributed by atoms with E-state index in [0.29, 0.717) is 13.1 Å². The van der Waals surface area contributed by atoms with Gasteiger partial charge in [0.25, 0.3) is 0 Å². The van der Waals surface area contributed by atoms with Gasteiger partial charge in [0.05, 0.1) is 30.4 Å². The predicted molar refractivity (Wildman–Crippen MR) is 73.2 cm³/mol. The topological polar surface area (TPSA) is 49.8 Å². The highest BCUT2D eigenvalue weighted by molar-refractivity contribution is 5.97. The van der Waals surface area contributed by atoms with Gasteiger partial charge in [-0.2, -0.15) is 0 Å². The summed E-state index contributed by atoms with van der Waals surface area (Å²) in [5, 5.41) is 9.24. The van der Waals surface area contributed by atoms with Crippen molar-refractivity contribution in [1.82, 2.24) is 4.90 Å². The van der Waals surface area contributed by atoms with E-state index in [-0.39, 0.29) is 30.6 Å². The van der Waals surface area contributed by atoms with Crippen molar-refractivity contribution in [3.63, 3.8) is 0 Å². The fraction of sp³-hybridized carbons (Fsp3) is 0.533. The first-order valence-electron chi connectivity index (χ1n) is 6.70. The van der Waals surface area contributed by atoms with E-state index in [1.165, 1.54) is 12.1 Å². The van der Waals surface area contributed by atoms with Gasteiger partial charge < -0.3 is 9.84 Å². The average molecular weight is 281 g/mol. The second-order valence-electron chi connectivity index (χ2n) is 5.75. The Labute approximate surface area is 118 Å². The number of ketones is 1. The number of aliphatic hydroxyl groups excluding tert-OH is 1. The number of rotatable bonds is 4. The highest BCUT2D eigenvalue weighted by atomic mass is 19.1. The Morgan fingerprint density at radius 3 is 2.85 bits per heavy atom. The SMILES string of the molecule is CC1(C)CN(CC(=O)c2ccccc2F)CC(CO)O1. The Balaban J connectivity index is 2.06. The first-order chi connectivity index (χ1) is 9.41. The zero-order valence-corrected chi connectivity index (χ0v) is 11.8. The molecule has 1 N–H and O–H groups in total. The Morgan fingerprint density at radius 1 is 1.50 bits per heavy atom. The van der Waals surface area contributed by atoms with Crippen molar-refractivity contribution in [3.05, 3.63) is 35.6 Å². The highest BCUT2D eigenvalue weighted by Crippen LogP contribution is 2.21. The van der Waals surface area contributed by atoms with Crippen LogP contribution in [-0.4, -0.2) is 53.7 Å². The van der Waals surface area contributed by atoms with Crippen LogP contribution in [0.5, 0.6) is 0 Å². The molecule has 1 atom stereocenters. The summed E-state index contributed by atoms with van der Waals surface area (Å²) in [5.41, 5.74) is -0.321. The minimum Gasteiger partial charge on any atom is -0.394 e. The molecular weight excluding hydrogens is 261 g/mol. The minimum atomic E-state index is -0.497. The number of ether oxygens (including phenoxy) is 1. The van der Waals surface area contributed by atoms with Gasteiger partial charge in [-0.05, 0) is 26.0 Å². The zero-order chi connectivity index (χ0) is 14.8. The molecule has 1 saturated heterocycles. The maximum Gasteiger partial charge on any atom is 0.179 e. The lowest BCUT2D eigenvalue weighted by Gasteiger charge is -2.42. The third kappa shape index (κ3) is 3.62. The molecule has 110 valence electrons. The van der Waals surface area contributed by atoms with Crippen LogP contribution in [0.2, 0.25) is 0 Å². The van der Waals surface area contributed by atoms with Gasteiger partial charge in [0.2, 0.25) is 0 Å². The van der Waals surface area contributed by atoms with E-state index >= 15 is 0 Å². The predicted octanol–water partition coefficient (Wildman–Crippen LogP) is 1.48. The van der Waals surface area contributed by atoms with Gasteiger partial charge in [-0.15, -0.1) is 0 Å². The number of hydrogen-bond acceptors (Lipinski definition) is 4. The first kappa shape index (κ1) is 15.1. The largest absolute Gasteiger partial charge is 0.394 e. The van der Waals surface area contributed by atoms with Crippen LogP contribution in [0.25, 0.3) is 0 Å². The van der Waals surface area contributed by atoms with Crippen molar-refractivity contribution < 1.29 is 19.0 Å². The summed E-state index contributed by atoms with van der Waals surface area (Å²) in [4.78, 5) is 14.1. The molecule has 1 unspecified atom stereocenters. The average Bonchev–Trinajstić information content (AvgIpc) is 2.37. The fourth-order valence-corrected chi connectivity index (χ4v) is 2.61. The van der Waals surface area contributed by atoms with Crippen molar-refractivity contribution in [3.8, 4) is 0 Å². The molecule has 1 aliphatic heterocycles. The van der Waals surface area contributed by atoms with E-state index in [1.807, 2.05) is 18.7 Å². The lowest BCUT2D eigenvalue weighted by molar-refractivity contribution is -0.146. The molecule has 2 rings (SSSR count). The number of aliphatic hydroxyl groups is 1. The minimum absolute atomic E-state index is 0.0895. The van der Waals surface area contributed by atoms with E-state index in [4.69, 9.17) is 4.74 Å². The first-order valence-corrected chi connectivity index (χ1v) is 6.70. The number of carbonyl (C=O) groups excluding carboxylic acids is 1. The Hall–Kier alpha value is -1.30. The monoisotopic (exact) mass is 281 g/mol. The molecule has 0 bridgehead atoms. The van der Waals surface area contributed by atoms with Crippen LogP contribution >= 0.6 is 0 Å². The van der Waals surface area contributed by atoms with E-state index in [1.54, 1.807) is 12.1 Å². The number of benzene rings is 1. The van der Waals surface area contributed by atoms with Crippen LogP contribution < -0.4 is 0 Å². The molecule has 0 aliphatic carbocycles. The summed E-state index contributed by atoms with van der Waals surface area (Å²) in [6.45, 7) is 4.91. The standard InChI is InChI=1S/C15H20FNO3/c1-15(2)10-17(7-11(9-18)20-15)8-14(19)12-5-3-4-6-13(12)16/h3-6,11,18H,7-10H2,1-2H3. The second-order valence-corrected chi connectivity index (χ2v) is 5.75. The van der Waals surface area contributed by atoms with Gasteiger partial charge in [-0.3, -0.25) is 9.69 Å². The molecule has 1 aliphatic rings. The third-order valence-electron chi connectivity index (χ3n) is 3.30. The van der Waals surface area contributed by atoms with E-state index < -0.39 is 11.4 Å². The van der Waals surface area contributed by atoms with Gasteiger partial charge >= 0.3 is 0 Å². The molecule has 0 aromatic heterocycles. The number of hydrogen-bond donors (Lipinski definition) is 1. The molecule has 5 heteroatoms. The van der Waals surface area contributed by atoms with Gasteiger partial charge in [-0.1, -0.05) is 12.1 Å². The summed E-state index contributed by atoms with van der Waals surface area (Å²) < 4.78 is 19.3. The van der Waals surface area contributed by atoms with Gasteiger partial charge in [-0.25, -0.2) is 4.39 Å².